The van der Waals surface area contributed by atoms with Crippen LogP contribution in [0.5, 0.6) is 0 Å². The van der Waals surface area contributed by atoms with E-state index in [9.17, 15) is 47.9 Å². The Kier molecular flexibility index (Phi) is 8.63. The Labute approximate surface area is 142 Å². The smallest absolute Gasteiger partial charge is 0.366 e. The molecule has 16 heteroatoms. The maximum Gasteiger partial charge on any atom is 0.460 e. The molecule has 0 radical (unpaired) electrons. The van der Waals surface area contributed by atoms with E-state index in [1.54, 1.807) is 7.05 Å². The van der Waals surface area contributed by atoms with Gasteiger partial charge in [0.1, 0.15) is 5.84 Å². The Morgan fingerprint density at radius 2 is 1.36 bits per heavy atom. The van der Waals surface area contributed by atoms with E-state index in [1.165, 1.54) is 0 Å². The fourth-order valence-corrected chi connectivity index (χ4v) is 1.81. The van der Waals surface area contributed by atoms with Crippen LogP contribution in [-0.4, -0.2) is 73.9 Å². The molecule has 0 bridgehead atoms. The second-order valence-corrected chi connectivity index (χ2v) is 6.11. The van der Waals surface area contributed by atoms with Crippen LogP contribution in [0.4, 0.5) is 39.5 Å². The minimum absolute atomic E-state index is 0.712. The first kappa shape index (κ1) is 26.3. The monoisotopic (exact) mass is 432 g/mol. The molecule has 0 fully saturated rings. The van der Waals surface area contributed by atoms with E-state index in [-0.39, 0.29) is 0 Å². The molecule has 0 saturated heterocycles. The molecule has 0 unspecified atom stereocenters. The topological polar surface area (TPSA) is 70.0 Å². The molecule has 0 atom stereocenters. The second kappa shape index (κ2) is 8.20. The lowest BCUT2D eigenvalue weighted by Crippen LogP contribution is -2.63. The van der Waals surface area contributed by atoms with Crippen molar-refractivity contribution in [1.82, 2.24) is 4.90 Å². The summed E-state index contributed by atoms with van der Waals surface area (Å²) in [4.78, 5) is 5.92. The highest BCUT2D eigenvalue weighted by Gasteiger charge is 2.85. The van der Waals surface area contributed by atoms with Crippen LogP contribution in [-0.2, 0) is 10.1 Å². The fourth-order valence-electron chi connectivity index (χ4n) is 0.935. The molecular formula is C9H13F9N2O3S2. The van der Waals surface area contributed by atoms with Crippen LogP contribution in [0.1, 0.15) is 0 Å². The Balaban J connectivity index is 0. The molecule has 0 amide bonds. The van der Waals surface area contributed by atoms with Gasteiger partial charge in [0.15, 0.2) is 0 Å². The van der Waals surface area contributed by atoms with Gasteiger partial charge in [0.05, 0.1) is 0 Å². The largest absolute Gasteiger partial charge is 0.460 e. The molecule has 1 N–H and O–H groups in total. The highest BCUT2D eigenvalue weighted by atomic mass is 32.2. The summed E-state index contributed by atoms with van der Waals surface area (Å²) in [6, 6.07) is 0. The minimum atomic E-state index is -7.37. The van der Waals surface area contributed by atoms with Crippen molar-refractivity contribution in [3.63, 3.8) is 0 Å². The fraction of sp³-hybridized carbons (Fsp3) is 0.889. The van der Waals surface area contributed by atoms with E-state index in [1.807, 2.05) is 19.0 Å². The third-order valence-corrected chi connectivity index (χ3v) is 3.54. The van der Waals surface area contributed by atoms with Crippen molar-refractivity contribution >= 4 is 28.6 Å². The molecule has 0 saturated carbocycles. The number of hydrogen-bond acceptors (Lipinski definition) is 4. The van der Waals surface area contributed by atoms with Crippen molar-refractivity contribution in [3.05, 3.63) is 0 Å². The van der Waals surface area contributed by atoms with Gasteiger partial charge in [0.25, 0.3) is 0 Å². The second-order valence-electron chi connectivity index (χ2n) is 4.33. The SMILES string of the molecule is CN=C(CS)N(C)C.O=S(=O)(O)C(F)(F)C(F)(F)C(F)(F)C(F)(F)F. The van der Waals surface area contributed by atoms with Crippen LogP contribution in [0.3, 0.4) is 0 Å². The lowest BCUT2D eigenvalue weighted by atomic mass is 10.1. The Morgan fingerprint density at radius 3 is 1.48 bits per heavy atom. The molecule has 0 aliphatic carbocycles. The highest BCUT2D eigenvalue weighted by molar-refractivity contribution is 7.87. The van der Waals surface area contributed by atoms with Crippen LogP contribution >= 0.6 is 12.6 Å². The normalized spacial score (nSPS) is 14.7. The van der Waals surface area contributed by atoms with Gasteiger partial charge in [-0.2, -0.15) is 60.6 Å². The zero-order valence-corrected chi connectivity index (χ0v) is 14.3. The molecule has 0 aromatic rings. The van der Waals surface area contributed by atoms with Crippen molar-refractivity contribution in [1.29, 1.82) is 0 Å². The summed E-state index contributed by atoms with van der Waals surface area (Å²) in [5.41, 5.74) is 0. The van der Waals surface area contributed by atoms with E-state index in [4.69, 9.17) is 4.55 Å². The van der Waals surface area contributed by atoms with Gasteiger partial charge in [-0.1, -0.05) is 0 Å². The number of alkyl halides is 9. The first-order chi connectivity index (χ1) is 10.7. The molecule has 0 aromatic carbocycles. The number of amidine groups is 1. The Bertz CT molecular complexity index is 573. The minimum Gasteiger partial charge on any atom is -0.366 e. The zero-order chi connectivity index (χ0) is 21.1. The van der Waals surface area contributed by atoms with E-state index in [2.05, 4.69) is 17.6 Å². The number of aliphatic imine (C=N–C) groups is 1. The summed E-state index contributed by atoms with van der Waals surface area (Å²) in [7, 11) is -1.48. The van der Waals surface area contributed by atoms with Crippen molar-refractivity contribution in [2.75, 3.05) is 26.9 Å². The Hall–Kier alpha value is -0.900. The van der Waals surface area contributed by atoms with Gasteiger partial charge in [-0.25, -0.2) is 0 Å². The quantitative estimate of drug-likeness (QED) is 0.236. The van der Waals surface area contributed by atoms with Gasteiger partial charge in [-0.3, -0.25) is 9.55 Å². The van der Waals surface area contributed by atoms with E-state index < -0.39 is 33.4 Å². The summed E-state index contributed by atoms with van der Waals surface area (Å²) in [6.45, 7) is 0. The predicted molar refractivity (Wildman–Crippen MR) is 73.3 cm³/mol. The number of rotatable bonds is 4. The maximum atomic E-state index is 12.2. The van der Waals surface area contributed by atoms with Crippen molar-refractivity contribution < 1.29 is 52.5 Å². The van der Waals surface area contributed by atoms with Crippen LogP contribution in [0, 0.1) is 0 Å². The summed E-state index contributed by atoms with van der Waals surface area (Å²) >= 11 is 4.06. The highest BCUT2D eigenvalue weighted by Crippen LogP contribution is 2.54. The average Bonchev–Trinajstić information content (AvgIpc) is 2.37. The molecule has 152 valence electrons. The summed E-state index contributed by atoms with van der Waals surface area (Å²) < 4.78 is 134. The van der Waals surface area contributed by atoms with Gasteiger partial charge >= 0.3 is 33.4 Å². The molecule has 0 rings (SSSR count). The standard InChI is InChI=1S/C5H12N2S.C4HF9O3S/c1-6-5(4-8)7(2)3;5-1(6,3(9,10)11)2(7,8)4(12,13)17(14,15)16/h8H,4H2,1-3H3;(H,14,15,16). The van der Waals surface area contributed by atoms with Gasteiger partial charge in [-0.15, -0.1) is 0 Å². The molecule has 0 spiro atoms. The molecule has 25 heavy (non-hydrogen) atoms. The Morgan fingerprint density at radius 1 is 1.00 bits per heavy atom. The molecule has 5 nitrogen and oxygen atoms in total. The van der Waals surface area contributed by atoms with Gasteiger partial charge in [0.2, 0.25) is 0 Å². The van der Waals surface area contributed by atoms with Crippen LogP contribution in [0.25, 0.3) is 0 Å². The zero-order valence-electron chi connectivity index (χ0n) is 12.6. The lowest BCUT2D eigenvalue weighted by molar-refractivity contribution is -0.382. The van der Waals surface area contributed by atoms with Crippen molar-refractivity contribution in [2.45, 2.75) is 23.3 Å². The summed E-state index contributed by atoms with van der Waals surface area (Å²) in [5.74, 6) is -13.0. The van der Waals surface area contributed by atoms with Gasteiger partial charge < -0.3 is 4.90 Å². The predicted octanol–water partition coefficient (Wildman–Crippen LogP) is 2.81. The van der Waals surface area contributed by atoms with Gasteiger partial charge in [-0.05, 0) is 0 Å². The number of thiol groups is 1. The third-order valence-electron chi connectivity index (χ3n) is 2.36. The molecule has 0 aliphatic heterocycles. The first-order valence-electron chi connectivity index (χ1n) is 5.63. The molecule has 0 aromatic heterocycles. The van der Waals surface area contributed by atoms with Crippen LogP contribution < -0.4 is 0 Å². The van der Waals surface area contributed by atoms with Crippen LogP contribution in [0.2, 0.25) is 0 Å². The summed E-state index contributed by atoms with van der Waals surface area (Å²) in [6.07, 6.45) is -7.13. The number of nitrogens with zero attached hydrogens (tertiary/aromatic N) is 2. The van der Waals surface area contributed by atoms with E-state index >= 15 is 0 Å². The molecule has 0 aliphatic rings. The first-order valence-corrected chi connectivity index (χ1v) is 7.70. The average molecular weight is 432 g/mol. The van der Waals surface area contributed by atoms with E-state index in [0.29, 0.717) is 5.75 Å². The van der Waals surface area contributed by atoms with Crippen molar-refractivity contribution in [2.24, 2.45) is 4.99 Å². The van der Waals surface area contributed by atoms with Gasteiger partial charge in [0, 0.05) is 26.9 Å². The molecule has 0 heterocycles. The molecular weight excluding hydrogens is 419 g/mol. The number of hydrogen-bond donors (Lipinski definition) is 2. The third kappa shape index (κ3) is 5.54. The maximum absolute atomic E-state index is 12.2. The number of halogens is 9. The van der Waals surface area contributed by atoms with E-state index in [0.717, 1.165) is 5.84 Å². The van der Waals surface area contributed by atoms with Crippen molar-refractivity contribution in [3.8, 4) is 0 Å². The summed E-state index contributed by atoms with van der Waals surface area (Å²) in [5, 5.41) is -7.00. The lowest BCUT2D eigenvalue weighted by Gasteiger charge is -2.31. The van der Waals surface area contributed by atoms with Crippen LogP contribution in [0.15, 0.2) is 4.99 Å².